The maximum Gasteiger partial charge on any atom is 0.258 e. The lowest BCUT2D eigenvalue weighted by molar-refractivity contribution is -0.145. The van der Waals surface area contributed by atoms with Gasteiger partial charge in [-0.25, -0.2) is 10.0 Å². The molecule has 0 aliphatic carbocycles. The minimum Gasteiger partial charge on any atom is -0.378 e. The molecule has 3 rings (SSSR count). The molecular weight excluding hydrogens is 222 g/mol. The van der Waals surface area contributed by atoms with E-state index < -0.39 is 5.41 Å². The number of fused-ring (bicyclic) bond motifs is 1. The predicted octanol–water partition coefficient (Wildman–Crippen LogP) is -1.03. The van der Waals surface area contributed by atoms with Crippen molar-refractivity contribution in [2.75, 3.05) is 39.4 Å². The van der Waals surface area contributed by atoms with Crippen LogP contribution in [0.3, 0.4) is 0 Å². The van der Waals surface area contributed by atoms with Crippen LogP contribution < -0.4 is 5.32 Å². The SMILES string of the molecule is O=C1N2CCOCCN2C(=O)C12CCCNC2. The van der Waals surface area contributed by atoms with Crippen molar-refractivity contribution >= 4 is 11.8 Å². The number of piperidine rings is 1. The molecular formula is C11H17N3O3. The van der Waals surface area contributed by atoms with Gasteiger partial charge in [-0.2, -0.15) is 0 Å². The molecule has 6 heteroatoms. The molecule has 3 aliphatic rings. The number of amides is 2. The fourth-order valence-corrected chi connectivity index (χ4v) is 2.92. The zero-order valence-corrected chi connectivity index (χ0v) is 9.78. The summed E-state index contributed by atoms with van der Waals surface area (Å²) in [4.78, 5) is 24.9. The van der Waals surface area contributed by atoms with Crippen molar-refractivity contribution in [1.29, 1.82) is 0 Å². The predicted molar refractivity (Wildman–Crippen MR) is 58.8 cm³/mol. The van der Waals surface area contributed by atoms with Crippen molar-refractivity contribution in [2.45, 2.75) is 12.8 Å². The molecule has 2 amide bonds. The lowest BCUT2D eigenvalue weighted by Gasteiger charge is -2.28. The monoisotopic (exact) mass is 239 g/mol. The minimum absolute atomic E-state index is 0.0415. The lowest BCUT2D eigenvalue weighted by atomic mass is 9.80. The van der Waals surface area contributed by atoms with Crippen LogP contribution in [0.5, 0.6) is 0 Å². The Hall–Kier alpha value is -1.14. The first-order chi connectivity index (χ1) is 8.26. The van der Waals surface area contributed by atoms with E-state index in [-0.39, 0.29) is 11.8 Å². The van der Waals surface area contributed by atoms with E-state index >= 15 is 0 Å². The number of nitrogens with one attached hydrogen (secondary N) is 1. The highest BCUT2D eigenvalue weighted by molar-refractivity contribution is 6.10. The molecule has 0 radical (unpaired) electrons. The second kappa shape index (κ2) is 3.96. The summed E-state index contributed by atoms with van der Waals surface area (Å²) in [7, 11) is 0. The number of hydrogen-bond donors (Lipinski definition) is 1. The zero-order chi connectivity index (χ0) is 11.9. The Morgan fingerprint density at radius 2 is 1.76 bits per heavy atom. The van der Waals surface area contributed by atoms with Crippen LogP contribution in [-0.4, -0.2) is 61.2 Å². The van der Waals surface area contributed by atoms with Crippen LogP contribution in [0, 0.1) is 5.41 Å². The highest BCUT2D eigenvalue weighted by Crippen LogP contribution is 2.37. The van der Waals surface area contributed by atoms with Crippen LogP contribution in [0.1, 0.15) is 12.8 Å². The Morgan fingerprint density at radius 3 is 2.29 bits per heavy atom. The van der Waals surface area contributed by atoms with Crippen LogP contribution in [-0.2, 0) is 14.3 Å². The van der Waals surface area contributed by atoms with Crippen molar-refractivity contribution in [2.24, 2.45) is 5.41 Å². The maximum atomic E-state index is 12.4. The van der Waals surface area contributed by atoms with E-state index in [9.17, 15) is 9.59 Å². The third kappa shape index (κ3) is 1.47. The average Bonchev–Trinajstić information content (AvgIpc) is 2.59. The third-order valence-corrected chi connectivity index (χ3v) is 3.86. The molecule has 1 spiro atoms. The molecule has 3 saturated heterocycles. The van der Waals surface area contributed by atoms with Gasteiger partial charge in [-0.3, -0.25) is 9.59 Å². The molecule has 0 aromatic rings. The molecule has 0 atom stereocenters. The van der Waals surface area contributed by atoms with Gasteiger partial charge in [0.1, 0.15) is 5.41 Å². The van der Waals surface area contributed by atoms with E-state index in [4.69, 9.17) is 4.74 Å². The molecule has 0 aromatic carbocycles. The third-order valence-electron chi connectivity index (χ3n) is 3.86. The number of hydrogen-bond acceptors (Lipinski definition) is 4. The zero-order valence-electron chi connectivity index (χ0n) is 9.78. The summed E-state index contributed by atoms with van der Waals surface area (Å²) in [6.45, 7) is 3.39. The largest absolute Gasteiger partial charge is 0.378 e. The number of carbonyl (C=O) groups excluding carboxylic acids is 2. The number of carbonyl (C=O) groups is 2. The van der Waals surface area contributed by atoms with Crippen molar-refractivity contribution in [3.8, 4) is 0 Å². The highest BCUT2D eigenvalue weighted by Gasteiger charge is 2.58. The molecule has 3 aliphatic heterocycles. The van der Waals surface area contributed by atoms with Crippen molar-refractivity contribution in [3.63, 3.8) is 0 Å². The van der Waals surface area contributed by atoms with Gasteiger partial charge in [0, 0.05) is 6.54 Å². The molecule has 1 N–H and O–H groups in total. The first-order valence-electron chi connectivity index (χ1n) is 6.18. The van der Waals surface area contributed by atoms with Gasteiger partial charge in [0.05, 0.1) is 26.3 Å². The number of nitrogens with zero attached hydrogens (tertiary/aromatic N) is 2. The van der Waals surface area contributed by atoms with Crippen LogP contribution in [0.15, 0.2) is 0 Å². The van der Waals surface area contributed by atoms with Gasteiger partial charge in [0.2, 0.25) is 0 Å². The Labute approximate surface area is 99.8 Å². The Kier molecular flexibility index (Phi) is 2.56. The summed E-state index contributed by atoms with van der Waals surface area (Å²) >= 11 is 0. The molecule has 0 saturated carbocycles. The topological polar surface area (TPSA) is 61.9 Å². The van der Waals surface area contributed by atoms with Crippen molar-refractivity contribution in [1.82, 2.24) is 15.3 Å². The second-order valence-electron chi connectivity index (χ2n) is 4.83. The molecule has 6 nitrogen and oxygen atoms in total. The average molecular weight is 239 g/mol. The van der Waals surface area contributed by atoms with Crippen LogP contribution in [0.4, 0.5) is 0 Å². The van der Waals surface area contributed by atoms with E-state index in [1.165, 1.54) is 0 Å². The minimum atomic E-state index is -0.824. The lowest BCUT2D eigenvalue weighted by Crippen LogP contribution is -2.49. The summed E-state index contributed by atoms with van der Waals surface area (Å²) in [5.41, 5.74) is -0.824. The number of rotatable bonds is 0. The normalized spacial score (nSPS) is 28.5. The molecule has 3 fully saturated rings. The van der Waals surface area contributed by atoms with Gasteiger partial charge in [0.15, 0.2) is 0 Å². The van der Waals surface area contributed by atoms with Crippen molar-refractivity contribution < 1.29 is 14.3 Å². The quantitative estimate of drug-likeness (QED) is 0.549. The Bertz CT molecular complexity index is 326. The summed E-state index contributed by atoms with van der Waals surface area (Å²) in [5.74, 6) is -0.0830. The van der Waals surface area contributed by atoms with E-state index in [1.807, 2.05) is 0 Å². The molecule has 94 valence electrons. The van der Waals surface area contributed by atoms with Crippen molar-refractivity contribution in [3.05, 3.63) is 0 Å². The first-order valence-corrected chi connectivity index (χ1v) is 6.18. The Morgan fingerprint density at radius 1 is 1.12 bits per heavy atom. The molecule has 3 heterocycles. The van der Waals surface area contributed by atoms with Gasteiger partial charge in [-0.15, -0.1) is 0 Å². The van der Waals surface area contributed by atoms with E-state index in [0.29, 0.717) is 39.3 Å². The van der Waals surface area contributed by atoms with Gasteiger partial charge in [0.25, 0.3) is 11.8 Å². The Balaban J connectivity index is 1.92. The van der Waals surface area contributed by atoms with E-state index in [0.717, 1.165) is 13.0 Å². The van der Waals surface area contributed by atoms with Gasteiger partial charge in [-0.1, -0.05) is 0 Å². The fraction of sp³-hybridized carbons (Fsp3) is 0.818. The fourth-order valence-electron chi connectivity index (χ4n) is 2.92. The standard InChI is InChI=1S/C11H17N3O3/c15-9-11(2-1-3-12-8-11)10(16)14-5-7-17-6-4-13(9)14/h12H,1-8H2. The van der Waals surface area contributed by atoms with E-state index in [2.05, 4.69) is 5.32 Å². The molecule has 0 unspecified atom stereocenters. The summed E-state index contributed by atoms with van der Waals surface area (Å²) < 4.78 is 5.30. The first kappa shape index (κ1) is 11.0. The molecule has 0 bridgehead atoms. The summed E-state index contributed by atoms with van der Waals surface area (Å²) in [5, 5.41) is 6.35. The van der Waals surface area contributed by atoms with Gasteiger partial charge >= 0.3 is 0 Å². The summed E-state index contributed by atoms with van der Waals surface area (Å²) in [6.07, 6.45) is 1.56. The summed E-state index contributed by atoms with van der Waals surface area (Å²) in [6, 6.07) is 0. The van der Waals surface area contributed by atoms with Crippen LogP contribution in [0.25, 0.3) is 0 Å². The number of hydrazine groups is 1. The molecule has 0 aromatic heterocycles. The second-order valence-corrected chi connectivity index (χ2v) is 4.83. The number of ether oxygens (including phenoxy) is 1. The smallest absolute Gasteiger partial charge is 0.258 e. The van der Waals surface area contributed by atoms with Gasteiger partial charge in [-0.05, 0) is 19.4 Å². The van der Waals surface area contributed by atoms with Gasteiger partial charge < -0.3 is 10.1 Å². The van der Waals surface area contributed by atoms with Crippen LogP contribution >= 0.6 is 0 Å². The molecule has 17 heavy (non-hydrogen) atoms. The van der Waals surface area contributed by atoms with Crippen LogP contribution in [0.2, 0.25) is 0 Å². The maximum absolute atomic E-state index is 12.4. The van der Waals surface area contributed by atoms with E-state index in [1.54, 1.807) is 10.0 Å². The highest BCUT2D eigenvalue weighted by atomic mass is 16.5.